The van der Waals surface area contributed by atoms with E-state index in [4.69, 9.17) is 4.74 Å². The zero-order chi connectivity index (χ0) is 28.0. The normalized spacial score (nSPS) is 14.5. The third-order valence-electron chi connectivity index (χ3n) is 6.74. The Morgan fingerprint density at radius 2 is 2.03 bits per heavy atom. The van der Waals surface area contributed by atoms with E-state index < -0.39 is 14.2 Å². The highest BCUT2D eigenvalue weighted by Gasteiger charge is 2.28. The fourth-order valence-corrected chi connectivity index (χ4v) is 6.63. The van der Waals surface area contributed by atoms with E-state index in [1.54, 1.807) is 22.4 Å². The fourth-order valence-electron chi connectivity index (χ4n) is 4.63. The fraction of sp³-hybridized carbons (Fsp3) is 0.429. The van der Waals surface area contributed by atoms with Crippen molar-refractivity contribution in [3.05, 3.63) is 64.7 Å². The summed E-state index contributed by atoms with van der Waals surface area (Å²) in [6, 6.07) is 12.6. The molecule has 1 aliphatic heterocycles. The summed E-state index contributed by atoms with van der Waals surface area (Å²) >= 11 is 1.59. The van der Waals surface area contributed by atoms with Gasteiger partial charge in [-0.25, -0.2) is 14.8 Å². The van der Waals surface area contributed by atoms with E-state index in [2.05, 4.69) is 29.6 Å². The number of likely N-dealkylation sites (N-methyl/N-ethyl adjacent to an activating group) is 1. The Bertz CT molecular complexity index is 1270. The molecule has 0 spiro atoms. The van der Waals surface area contributed by atoms with Crippen molar-refractivity contribution in [3.8, 4) is 5.75 Å². The Kier molecular flexibility index (Phi) is 9.23. The number of rotatable bonds is 11. The number of anilines is 2. The lowest BCUT2D eigenvalue weighted by Gasteiger charge is -2.25. The van der Waals surface area contributed by atoms with Crippen LogP contribution in [0.1, 0.15) is 34.2 Å². The van der Waals surface area contributed by atoms with Gasteiger partial charge >= 0.3 is 6.09 Å². The Morgan fingerprint density at radius 3 is 2.74 bits per heavy atom. The highest BCUT2D eigenvalue weighted by molar-refractivity contribution is 7.10. The molecule has 3 aromatic rings. The summed E-state index contributed by atoms with van der Waals surface area (Å²) in [6.07, 6.45) is 3.22. The van der Waals surface area contributed by atoms with Crippen LogP contribution in [0.3, 0.4) is 0 Å². The van der Waals surface area contributed by atoms with Crippen molar-refractivity contribution in [2.75, 3.05) is 43.0 Å². The number of amides is 2. The van der Waals surface area contributed by atoms with Crippen LogP contribution in [-0.4, -0.2) is 73.3 Å². The van der Waals surface area contributed by atoms with E-state index in [-0.39, 0.29) is 12.0 Å². The van der Waals surface area contributed by atoms with Gasteiger partial charge in [-0.2, -0.15) is 0 Å². The van der Waals surface area contributed by atoms with Crippen molar-refractivity contribution >= 4 is 42.9 Å². The molecule has 3 heterocycles. The molecule has 4 rings (SSSR count). The quantitative estimate of drug-likeness (QED) is 0.290. The van der Waals surface area contributed by atoms with Crippen LogP contribution in [-0.2, 0) is 0 Å². The average molecular weight is 568 g/mol. The zero-order valence-corrected chi connectivity index (χ0v) is 24.9. The highest BCUT2D eigenvalue weighted by atomic mass is 32.1. The average Bonchev–Trinajstić information content (AvgIpc) is 3.40. The molecule has 1 unspecified atom stereocenters. The summed E-state index contributed by atoms with van der Waals surface area (Å²) in [7, 11) is 0.686. The molecule has 0 radical (unpaired) electrons. The summed E-state index contributed by atoms with van der Waals surface area (Å²) in [6.45, 7) is 8.94. The third-order valence-corrected chi connectivity index (χ3v) is 9.56. The van der Waals surface area contributed by atoms with Gasteiger partial charge < -0.3 is 24.5 Å². The topological polar surface area (TPSA) is 99.1 Å². The maximum Gasteiger partial charge on any atom is 0.407 e. The van der Waals surface area contributed by atoms with Gasteiger partial charge in [0, 0.05) is 70.5 Å². The van der Waals surface area contributed by atoms with Crippen molar-refractivity contribution in [3.63, 3.8) is 0 Å². The predicted octanol–water partition coefficient (Wildman–Crippen LogP) is 5.85. The highest BCUT2D eigenvalue weighted by Crippen LogP contribution is 2.32. The molecule has 39 heavy (non-hydrogen) atoms. The minimum absolute atomic E-state index is 0.155. The molecule has 0 saturated heterocycles. The van der Waals surface area contributed by atoms with Crippen LogP contribution in [0.25, 0.3) is 0 Å². The van der Waals surface area contributed by atoms with E-state index >= 15 is 0 Å². The van der Waals surface area contributed by atoms with Crippen LogP contribution >= 0.6 is 11.3 Å². The SMILES string of the molecule is CN1CCN(c2cccc(OC(CCN(CCC[Si](C)(C)C)C(=O)O)c3cccs3)c2)C(=O)c2cncnc21. The Balaban J connectivity index is 1.49. The maximum atomic E-state index is 13.4. The molecule has 1 N–H and O–H groups in total. The molecular formula is C28H37N5O4SSi. The number of carboxylic acid groups (broad SMARTS) is 1. The van der Waals surface area contributed by atoms with E-state index in [0.717, 1.165) is 23.0 Å². The van der Waals surface area contributed by atoms with Crippen LogP contribution in [0.15, 0.2) is 54.3 Å². The smallest absolute Gasteiger partial charge is 0.407 e. The van der Waals surface area contributed by atoms with Crippen molar-refractivity contribution in [2.45, 2.75) is 44.6 Å². The molecule has 9 nitrogen and oxygen atoms in total. The first-order valence-electron chi connectivity index (χ1n) is 13.2. The molecule has 1 atom stereocenters. The summed E-state index contributed by atoms with van der Waals surface area (Å²) < 4.78 is 6.46. The van der Waals surface area contributed by atoms with Gasteiger partial charge in [-0.15, -0.1) is 11.3 Å². The second kappa shape index (κ2) is 12.6. The molecule has 1 aromatic carbocycles. The summed E-state index contributed by atoms with van der Waals surface area (Å²) in [4.78, 5) is 40.0. The molecule has 0 saturated carbocycles. The second-order valence-electron chi connectivity index (χ2n) is 11.0. The van der Waals surface area contributed by atoms with E-state index in [1.807, 2.05) is 53.7 Å². The standard InChI is InChI=1S/C28H37N5O4SSi/c1-31-14-15-33(27(34)23-19-29-20-30-26(23)31)21-8-5-9-22(18-21)37-24(25-10-6-16-38-25)11-13-32(28(35)36)12-7-17-39(2,3)4/h5-6,8-10,16,18-20,24H,7,11-15,17H2,1-4H3,(H,35,36). The van der Waals surface area contributed by atoms with E-state index in [0.29, 0.717) is 49.7 Å². The van der Waals surface area contributed by atoms with Gasteiger partial charge in [0.2, 0.25) is 0 Å². The van der Waals surface area contributed by atoms with Gasteiger partial charge in [-0.05, 0) is 30.0 Å². The zero-order valence-electron chi connectivity index (χ0n) is 23.0. The van der Waals surface area contributed by atoms with Crippen LogP contribution in [0.2, 0.25) is 25.7 Å². The molecule has 2 amide bonds. The molecule has 0 bridgehead atoms. The first-order chi connectivity index (χ1) is 18.6. The van der Waals surface area contributed by atoms with Gasteiger partial charge in [-0.1, -0.05) is 37.8 Å². The number of aromatic nitrogens is 2. The number of fused-ring (bicyclic) bond motifs is 1. The monoisotopic (exact) mass is 567 g/mol. The minimum atomic E-state index is -1.23. The van der Waals surface area contributed by atoms with Crippen LogP contribution in [0.4, 0.5) is 16.3 Å². The van der Waals surface area contributed by atoms with Crippen LogP contribution in [0, 0.1) is 0 Å². The molecule has 0 fully saturated rings. The van der Waals surface area contributed by atoms with Gasteiger partial charge in [0.05, 0.1) is 0 Å². The van der Waals surface area contributed by atoms with Crippen LogP contribution < -0.4 is 14.5 Å². The number of benzene rings is 1. The van der Waals surface area contributed by atoms with Crippen molar-refractivity contribution in [2.24, 2.45) is 0 Å². The summed E-state index contributed by atoms with van der Waals surface area (Å²) in [5.74, 6) is 1.09. The Labute approximate surface area is 235 Å². The summed E-state index contributed by atoms with van der Waals surface area (Å²) in [5, 5.41) is 11.8. The molecular weight excluding hydrogens is 530 g/mol. The van der Waals surface area contributed by atoms with E-state index in [1.165, 1.54) is 11.2 Å². The van der Waals surface area contributed by atoms with Gasteiger partial charge in [0.15, 0.2) is 0 Å². The number of carbonyl (C=O) groups excluding carboxylic acids is 1. The maximum absolute atomic E-state index is 13.4. The molecule has 208 valence electrons. The van der Waals surface area contributed by atoms with E-state index in [9.17, 15) is 14.7 Å². The number of carbonyl (C=O) groups is 2. The first kappa shape index (κ1) is 28.6. The molecule has 0 aliphatic carbocycles. The lowest BCUT2D eigenvalue weighted by molar-refractivity contribution is 0.0989. The Hall–Kier alpha value is -3.44. The first-order valence-corrected chi connectivity index (χ1v) is 17.8. The molecule has 11 heteroatoms. The molecule has 1 aliphatic rings. The number of hydrogen-bond acceptors (Lipinski definition) is 7. The number of thiophene rings is 1. The number of hydrogen-bond donors (Lipinski definition) is 1. The Morgan fingerprint density at radius 1 is 1.21 bits per heavy atom. The van der Waals surface area contributed by atoms with Gasteiger partial charge in [0.25, 0.3) is 5.91 Å². The number of nitrogens with zero attached hydrogens (tertiary/aromatic N) is 5. The second-order valence-corrected chi connectivity index (χ2v) is 17.6. The van der Waals surface area contributed by atoms with Crippen molar-refractivity contribution in [1.29, 1.82) is 0 Å². The minimum Gasteiger partial charge on any atom is -0.485 e. The largest absolute Gasteiger partial charge is 0.485 e. The molecule has 2 aromatic heterocycles. The van der Waals surface area contributed by atoms with Crippen LogP contribution in [0.5, 0.6) is 5.75 Å². The summed E-state index contributed by atoms with van der Waals surface area (Å²) in [5.41, 5.74) is 1.19. The third kappa shape index (κ3) is 7.57. The van der Waals surface area contributed by atoms with Gasteiger partial charge in [0.1, 0.15) is 29.6 Å². The van der Waals surface area contributed by atoms with Gasteiger partial charge in [-0.3, -0.25) is 4.79 Å². The van der Waals surface area contributed by atoms with Crippen molar-refractivity contribution < 1.29 is 19.4 Å². The number of ether oxygens (including phenoxy) is 1. The lowest BCUT2D eigenvalue weighted by Crippen LogP contribution is -2.34. The lowest BCUT2D eigenvalue weighted by atomic mass is 10.2. The van der Waals surface area contributed by atoms with Crippen molar-refractivity contribution in [1.82, 2.24) is 14.9 Å². The predicted molar refractivity (Wildman–Crippen MR) is 158 cm³/mol.